The predicted octanol–water partition coefficient (Wildman–Crippen LogP) is 4.08. The molecular formula is C26H35N3O. The van der Waals surface area contributed by atoms with Gasteiger partial charge in [0.25, 0.3) is 0 Å². The third kappa shape index (κ3) is 4.17. The van der Waals surface area contributed by atoms with Crippen molar-refractivity contribution in [1.29, 1.82) is 0 Å². The molecule has 2 aromatic rings. The molecule has 160 valence electrons. The summed E-state index contributed by atoms with van der Waals surface area (Å²) in [6.07, 6.45) is 3.94. The maximum absolute atomic E-state index is 14.1. The summed E-state index contributed by atoms with van der Waals surface area (Å²) in [5.41, 5.74) is 3.39. The van der Waals surface area contributed by atoms with Crippen molar-refractivity contribution in [3.8, 4) is 0 Å². The Balaban J connectivity index is 1.61. The average molecular weight is 406 g/mol. The van der Waals surface area contributed by atoms with Crippen LogP contribution in [0.2, 0.25) is 0 Å². The van der Waals surface area contributed by atoms with Crippen molar-refractivity contribution in [2.45, 2.75) is 43.7 Å². The van der Waals surface area contributed by atoms with E-state index in [1.165, 1.54) is 16.7 Å². The summed E-state index contributed by atoms with van der Waals surface area (Å²) in [5, 5.41) is 0. The molecule has 2 heterocycles. The standard InChI is InChI=1S/C26H35N3O/c1-27(2)20-21-11-13-22(14-12-21)24-10-7-17-29(24)25(30)26(15-18-28(3)19-16-26)23-8-5-4-6-9-23/h4-6,8-9,11-14,24H,7,10,15-20H2,1-3H3. The van der Waals surface area contributed by atoms with Gasteiger partial charge >= 0.3 is 0 Å². The predicted molar refractivity (Wildman–Crippen MR) is 122 cm³/mol. The van der Waals surface area contributed by atoms with E-state index in [0.717, 1.165) is 51.9 Å². The second-order valence-electron chi connectivity index (χ2n) is 9.39. The fraction of sp³-hybridized carbons (Fsp3) is 0.500. The van der Waals surface area contributed by atoms with Crippen LogP contribution < -0.4 is 0 Å². The lowest BCUT2D eigenvalue weighted by Crippen LogP contribution is -2.52. The van der Waals surface area contributed by atoms with Crippen LogP contribution in [0.4, 0.5) is 0 Å². The van der Waals surface area contributed by atoms with Crippen LogP contribution in [0.25, 0.3) is 0 Å². The Morgan fingerprint density at radius 3 is 2.30 bits per heavy atom. The van der Waals surface area contributed by atoms with Crippen molar-refractivity contribution in [2.75, 3.05) is 40.8 Å². The molecule has 2 aliphatic heterocycles. The van der Waals surface area contributed by atoms with Gasteiger partial charge in [0.1, 0.15) is 0 Å². The van der Waals surface area contributed by atoms with Crippen molar-refractivity contribution in [3.63, 3.8) is 0 Å². The van der Waals surface area contributed by atoms with E-state index in [1.54, 1.807) is 0 Å². The number of hydrogen-bond acceptors (Lipinski definition) is 3. The maximum atomic E-state index is 14.1. The monoisotopic (exact) mass is 405 g/mol. The zero-order chi connectivity index (χ0) is 21.1. The number of nitrogens with zero attached hydrogens (tertiary/aromatic N) is 3. The van der Waals surface area contributed by atoms with E-state index in [0.29, 0.717) is 5.91 Å². The molecular weight excluding hydrogens is 370 g/mol. The topological polar surface area (TPSA) is 26.8 Å². The minimum atomic E-state index is -0.388. The van der Waals surface area contributed by atoms with Crippen molar-refractivity contribution < 1.29 is 4.79 Å². The van der Waals surface area contributed by atoms with Crippen LogP contribution in [0.15, 0.2) is 54.6 Å². The number of carbonyl (C=O) groups excluding carboxylic acids is 1. The van der Waals surface area contributed by atoms with Crippen molar-refractivity contribution in [2.24, 2.45) is 0 Å². The van der Waals surface area contributed by atoms with E-state index < -0.39 is 0 Å². The lowest BCUT2D eigenvalue weighted by molar-refractivity contribution is -0.140. The van der Waals surface area contributed by atoms with Gasteiger partial charge in [-0.05, 0) is 76.6 Å². The Labute approximate surface area is 181 Å². The average Bonchev–Trinajstić information content (AvgIpc) is 3.24. The van der Waals surface area contributed by atoms with Crippen LogP contribution in [-0.2, 0) is 16.8 Å². The quantitative estimate of drug-likeness (QED) is 0.750. The van der Waals surface area contributed by atoms with Crippen LogP contribution in [0.3, 0.4) is 0 Å². The summed E-state index contributed by atoms with van der Waals surface area (Å²) < 4.78 is 0. The molecule has 2 aliphatic rings. The smallest absolute Gasteiger partial charge is 0.233 e. The highest BCUT2D eigenvalue weighted by Gasteiger charge is 2.47. The number of likely N-dealkylation sites (tertiary alicyclic amines) is 2. The molecule has 1 atom stereocenters. The number of piperidine rings is 1. The lowest BCUT2D eigenvalue weighted by atomic mass is 9.71. The van der Waals surface area contributed by atoms with Gasteiger partial charge in [-0.15, -0.1) is 0 Å². The molecule has 0 aromatic heterocycles. The van der Waals surface area contributed by atoms with Crippen molar-refractivity contribution >= 4 is 5.91 Å². The number of carbonyl (C=O) groups is 1. The molecule has 4 heteroatoms. The molecule has 1 unspecified atom stereocenters. The van der Waals surface area contributed by atoms with Crippen molar-refractivity contribution in [1.82, 2.24) is 14.7 Å². The summed E-state index contributed by atoms with van der Waals surface area (Å²) in [6, 6.07) is 19.6. The summed E-state index contributed by atoms with van der Waals surface area (Å²) in [6.45, 7) is 3.75. The minimum Gasteiger partial charge on any atom is -0.335 e. The third-order valence-corrected chi connectivity index (χ3v) is 6.95. The first-order chi connectivity index (χ1) is 14.5. The van der Waals surface area contributed by atoms with E-state index in [1.807, 2.05) is 6.07 Å². The van der Waals surface area contributed by atoms with E-state index in [4.69, 9.17) is 0 Å². The number of rotatable bonds is 5. The number of benzene rings is 2. The molecule has 2 saturated heterocycles. The Morgan fingerprint density at radius 1 is 1.00 bits per heavy atom. The van der Waals surface area contributed by atoms with Gasteiger partial charge in [-0.1, -0.05) is 54.6 Å². The SMILES string of the molecule is CN(C)Cc1ccc(C2CCCN2C(=O)C2(c3ccccc3)CCN(C)CC2)cc1. The highest BCUT2D eigenvalue weighted by atomic mass is 16.2. The Kier molecular flexibility index (Phi) is 6.26. The summed E-state index contributed by atoms with van der Waals surface area (Å²) in [4.78, 5) is 20.9. The van der Waals surface area contributed by atoms with Gasteiger partial charge in [-0.2, -0.15) is 0 Å². The highest BCUT2D eigenvalue weighted by Crippen LogP contribution is 2.42. The minimum absolute atomic E-state index is 0.200. The molecule has 0 saturated carbocycles. The molecule has 0 bridgehead atoms. The zero-order valence-electron chi connectivity index (χ0n) is 18.7. The van der Waals surface area contributed by atoms with Crippen LogP contribution in [0.5, 0.6) is 0 Å². The summed E-state index contributed by atoms with van der Waals surface area (Å²) >= 11 is 0. The molecule has 2 aromatic carbocycles. The van der Waals surface area contributed by atoms with Gasteiger partial charge in [-0.3, -0.25) is 4.79 Å². The molecule has 4 rings (SSSR count). The first kappa shape index (κ1) is 21.1. The fourth-order valence-electron chi connectivity index (χ4n) is 5.23. The number of amides is 1. The first-order valence-electron chi connectivity index (χ1n) is 11.3. The lowest BCUT2D eigenvalue weighted by Gasteiger charge is -2.43. The normalized spacial score (nSPS) is 21.9. The molecule has 4 nitrogen and oxygen atoms in total. The molecule has 0 aliphatic carbocycles. The summed E-state index contributed by atoms with van der Waals surface area (Å²) in [7, 11) is 6.35. The van der Waals surface area contributed by atoms with Crippen molar-refractivity contribution in [3.05, 3.63) is 71.3 Å². The third-order valence-electron chi connectivity index (χ3n) is 6.95. The molecule has 2 fully saturated rings. The molecule has 1 amide bonds. The van der Waals surface area contributed by atoms with E-state index in [2.05, 4.69) is 84.4 Å². The van der Waals surface area contributed by atoms with Crippen LogP contribution in [-0.4, -0.2) is 61.4 Å². The molecule has 30 heavy (non-hydrogen) atoms. The second-order valence-corrected chi connectivity index (χ2v) is 9.39. The van der Waals surface area contributed by atoms with E-state index in [-0.39, 0.29) is 11.5 Å². The fourth-order valence-corrected chi connectivity index (χ4v) is 5.23. The van der Waals surface area contributed by atoms with Gasteiger partial charge in [0.2, 0.25) is 5.91 Å². The molecule has 0 spiro atoms. The van der Waals surface area contributed by atoms with E-state index >= 15 is 0 Å². The van der Waals surface area contributed by atoms with Crippen LogP contribution in [0.1, 0.15) is 48.4 Å². The van der Waals surface area contributed by atoms with Gasteiger partial charge in [0, 0.05) is 13.1 Å². The van der Waals surface area contributed by atoms with Gasteiger partial charge in [0.15, 0.2) is 0 Å². The second kappa shape index (κ2) is 8.91. The first-order valence-corrected chi connectivity index (χ1v) is 11.3. The van der Waals surface area contributed by atoms with Crippen LogP contribution >= 0.6 is 0 Å². The van der Waals surface area contributed by atoms with Crippen LogP contribution in [0, 0.1) is 0 Å². The maximum Gasteiger partial charge on any atom is 0.233 e. The summed E-state index contributed by atoms with van der Waals surface area (Å²) in [5.74, 6) is 0.335. The van der Waals surface area contributed by atoms with Gasteiger partial charge in [-0.25, -0.2) is 0 Å². The van der Waals surface area contributed by atoms with E-state index in [9.17, 15) is 4.79 Å². The largest absolute Gasteiger partial charge is 0.335 e. The van der Waals surface area contributed by atoms with Gasteiger partial charge in [0.05, 0.1) is 11.5 Å². The highest BCUT2D eigenvalue weighted by molar-refractivity contribution is 5.89. The number of hydrogen-bond donors (Lipinski definition) is 0. The Hall–Kier alpha value is -2.17. The molecule has 0 radical (unpaired) electrons. The van der Waals surface area contributed by atoms with Gasteiger partial charge < -0.3 is 14.7 Å². The Morgan fingerprint density at radius 2 is 1.67 bits per heavy atom. The molecule has 0 N–H and O–H groups in total. The Bertz CT molecular complexity index is 838. The zero-order valence-corrected chi connectivity index (χ0v) is 18.7.